The number of aromatic nitrogens is 2. The molecule has 4 aromatic rings. The van der Waals surface area contributed by atoms with Crippen LogP contribution in [0.25, 0.3) is 5.69 Å². The van der Waals surface area contributed by atoms with Crippen molar-refractivity contribution >= 4 is 29.0 Å². The molecule has 0 aliphatic carbocycles. The largest absolute Gasteiger partial charge is 0.465 e. The van der Waals surface area contributed by atoms with E-state index in [1.54, 1.807) is 18.3 Å². The second-order valence-electron chi connectivity index (χ2n) is 9.23. The van der Waals surface area contributed by atoms with Crippen LogP contribution in [-0.4, -0.2) is 34.5 Å². The Balaban J connectivity index is 1.47. The van der Waals surface area contributed by atoms with Crippen molar-refractivity contribution in [2.75, 3.05) is 18.8 Å². The number of carbonyl (C=O) groups is 1. The minimum Gasteiger partial charge on any atom is -0.465 e. The van der Waals surface area contributed by atoms with Gasteiger partial charge in [0.25, 0.3) is 0 Å². The number of fused-ring (bicyclic) bond motifs is 1. The third kappa shape index (κ3) is 3.95. The lowest BCUT2D eigenvalue weighted by Crippen LogP contribution is -2.29. The van der Waals surface area contributed by atoms with Crippen molar-refractivity contribution in [3.63, 3.8) is 0 Å². The zero-order valence-electron chi connectivity index (χ0n) is 21.2. The van der Waals surface area contributed by atoms with Gasteiger partial charge in [0.2, 0.25) is 6.79 Å². The molecular weight excluding hydrogens is 500 g/mol. The van der Waals surface area contributed by atoms with E-state index in [1.807, 2.05) is 48.5 Å². The molecule has 2 aliphatic rings. The first-order chi connectivity index (χ1) is 18.5. The zero-order chi connectivity index (χ0) is 26.4. The highest BCUT2D eigenvalue weighted by atomic mass is 32.1. The fraction of sp³-hybridized carbons (Fsp3) is 0.207. The van der Waals surface area contributed by atoms with Crippen LogP contribution in [0.5, 0.6) is 11.5 Å². The Morgan fingerprint density at radius 2 is 1.79 bits per heavy atom. The van der Waals surface area contributed by atoms with Crippen LogP contribution in [0, 0.1) is 13.8 Å². The number of thiocarbonyl (C=S) groups is 1. The van der Waals surface area contributed by atoms with Gasteiger partial charge < -0.3 is 29.0 Å². The van der Waals surface area contributed by atoms with Crippen LogP contribution in [0.15, 0.2) is 72.9 Å². The van der Waals surface area contributed by atoms with Crippen LogP contribution in [0.1, 0.15) is 45.1 Å². The van der Waals surface area contributed by atoms with Crippen molar-refractivity contribution in [2.45, 2.75) is 25.9 Å². The fourth-order valence-electron chi connectivity index (χ4n) is 5.33. The van der Waals surface area contributed by atoms with E-state index >= 15 is 0 Å². The first-order valence-corrected chi connectivity index (χ1v) is 12.6. The average Bonchev–Trinajstić information content (AvgIpc) is 3.63. The quantitative estimate of drug-likeness (QED) is 0.282. The molecule has 2 aliphatic heterocycles. The topological polar surface area (TPSA) is 77.9 Å². The van der Waals surface area contributed by atoms with Crippen LogP contribution >= 0.6 is 12.2 Å². The number of nitrogens with zero attached hydrogens (tertiary/aromatic N) is 3. The number of benzene rings is 2. The Morgan fingerprint density at radius 1 is 1.03 bits per heavy atom. The lowest BCUT2D eigenvalue weighted by atomic mass is 9.96. The third-order valence-corrected chi connectivity index (χ3v) is 7.38. The maximum atomic E-state index is 11.9. The lowest BCUT2D eigenvalue weighted by Gasteiger charge is -2.28. The summed E-state index contributed by atoms with van der Waals surface area (Å²) in [5.74, 6) is 1.06. The van der Waals surface area contributed by atoms with Crippen molar-refractivity contribution < 1.29 is 19.0 Å². The number of rotatable bonds is 5. The van der Waals surface area contributed by atoms with Gasteiger partial charge in [0.05, 0.1) is 30.5 Å². The molecular formula is C29H26N4O4S. The van der Waals surface area contributed by atoms with Gasteiger partial charge in [-0.3, -0.25) is 4.98 Å². The van der Waals surface area contributed by atoms with Crippen molar-refractivity contribution in [3.05, 3.63) is 101 Å². The zero-order valence-corrected chi connectivity index (χ0v) is 22.0. The molecule has 4 heterocycles. The smallest absolute Gasteiger partial charge is 0.337 e. The minimum absolute atomic E-state index is 0.174. The summed E-state index contributed by atoms with van der Waals surface area (Å²) in [5.41, 5.74) is 6.51. The van der Waals surface area contributed by atoms with Crippen molar-refractivity contribution in [1.29, 1.82) is 0 Å². The van der Waals surface area contributed by atoms with E-state index in [0.29, 0.717) is 16.4 Å². The highest BCUT2D eigenvalue weighted by Gasteiger charge is 2.42. The monoisotopic (exact) mass is 526 g/mol. The average molecular weight is 527 g/mol. The maximum Gasteiger partial charge on any atom is 0.337 e. The first-order valence-electron chi connectivity index (χ1n) is 12.2. The Bertz CT molecular complexity index is 1530. The normalized spacial score (nSPS) is 18.0. The number of aryl methyl sites for hydroxylation is 1. The minimum atomic E-state index is -0.360. The second-order valence-corrected chi connectivity index (χ2v) is 9.62. The number of pyridine rings is 1. The van der Waals surface area contributed by atoms with E-state index in [4.69, 9.17) is 26.4 Å². The number of nitrogens with one attached hydrogen (secondary N) is 1. The molecule has 8 nitrogen and oxygen atoms in total. The molecule has 0 saturated carbocycles. The third-order valence-electron chi connectivity index (χ3n) is 7.07. The molecule has 0 unspecified atom stereocenters. The molecule has 2 aromatic heterocycles. The molecule has 6 rings (SSSR count). The number of ether oxygens (including phenoxy) is 3. The predicted molar refractivity (Wildman–Crippen MR) is 147 cm³/mol. The highest BCUT2D eigenvalue weighted by Crippen LogP contribution is 2.46. The van der Waals surface area contributed by atoms with E-state index in [0.717, 1.165) is 39.8 Å². The molecule has 0 radical (unpaired) electrons. The van der Waals surface area contributed by atoms with Crippen LogP contribution in [0.3, 0.4) is 0 Å². The van der Waals surface area contributed by atoms with Gasteiger partial charge in [-0.2, -0.15) is 0 Å². The molecule has 0 amide bonds. The molecule has 0 spiro atoms. The SMILES string of the molecule is COC(=O)c1ccc(-n2c(C)cc([C@H]3[C@@H](c4ccccn4)NC(=S)N3c3ccc4c(c3)OCO4)c2C)cc1. The molecule has 2 atom stereocenters. The molecule has 9 heteroatoms. The molecule has 0 bridgehead atoms. The Hall–Kier alpha value is -4.37. The van der Waals surface area contributed by atoms with Gasteiger partial charge >= 0.3 is 5.97 Å². The molecule has 1 saturated heterocycles. The summed E-state index contributed by atoms with van der Waals surface area (Å²) in [6.07, 6.45) is 1.80. The van der Waals surface area contributed by atoms with Crippen LogP contribution in [0.4, 0.5) is 5.69 Å². The van der Waals surface area contributed by atoms with Gasteiger partial charge in [0.1, 0.15) is 0 Å². The van der Waals surface area contributed by atoms with Gasteiger partial charge in [-0.15, -0.1) is 0 Å². The molecule has 1 fully saturated rings. The van der Waals surface area contributed by atoms with Crippen molar-refractivity contribution in [1.82, 2.24) is 14.9 Å². The summed E-state index contributed by atoms with van der Waals surface area (Å²) in [7, 11) is 1.38. The van der Waals surface area contributed by atoms with Gasteiger partial charge in [0.15, 0.2) is 16.6 Å². The number of hydrogen-bond acceptors (Lipinski definition) is 6. The van der Waals surface area contributed by atoms with E-state index < -0.39 is 0 Å². The van der Waals surface area contributed by atoms with E-state index in [9.17, 15) is 4.79 Å². The molecule has 2 aromatic carbocycles. The highest BCUT2D eigenvalue weighted by molar-refractivity contribution is 7.80. The summed E-state index contributed by atoms with van der Waals surface area (Å²) < 4.78 is 18.2. The van der Waals surface area contributed by atoms with E-state index in [-0.39, 0.29) is 24.8 Å². The number of methoxy groups -OCH3 is 1. The second kappa shape index (κ2) is 9.50. The van der Waals surface area contributed by atoms with E-state index in [1.165, 1.54) is 7.11 Å². The van der Waals surface area contributed by atoms with Crippen molar-refractivity contribution in [3.8, 4) is 17.2 Å². The summed E-state index contributed by atoms with van der Waals surface area (Å²) in [6.45, 7) is 4.38. The Morgan fingerprint density at radius 3 is 2.53 bits per heavy atom. The first kappa shape index (κ1) is 24.0. The fourth-order valence-corrected chi connectivity index (χ4v) is 5.68. The number of anilines is 1. The summed E-state index contributed by atoms with van der Waals surface area (Å²) in [5, 5.41) is 4.13. The summed E-state index contributed by atoms with van der Waals surface area (Å²) in [6, 6.07) is 21.1. The van der Waals surface area contributed by atoms with Gasteiger partial charge in [-0.1, -0.05) is 6.07 Å². The van der Waals surface area contributed by atoms with Crippen molar-refractivity contribution in [2.24, 2.45) is 0 Å². The summed E-state index contributed by atoms with van der Waals surface area (Å²) in [4.78, 5) is 18.7. The Kier molecular flexibility index (Phi) is 6.00. The molecule has 192 valence electrons. The maximum absolute atomic E-state index is 11.9. The molecule has 1 N–H and O–H groups in total. The predicted octanol–water partition coefficient (Wildman–Crippen LogP) is 5.18. The number of esters is 1. The summed E-state index contributed by atoms with van der Waals surface area (Å²) >= 11 is 5.90. The van der Waals surface area contributed by atoms with Gasteiger partial charge in [0, 0.05) is 35.0 Å². The Labute approximate surface area is 225 Å². The molecule has 38 heavy (non-hydrogen) atoms. The number of hydrogen-bond donors (Lipinski definition) is 1. The van der Waals surface area contributed by atoms with Gasteiger partial charge in [-0.05, 0) is 86.2 Å². The van der Waals surface area contributed by atoms with Crippen LogP contribution < -0.4 is 19.7 Å². The van der Waals surface area contributed by atoms with Crippen LogP contribution in [0.2, 0.25) is 0 Å². The van der Waals surface area contributed by atoms with Gasteiger partial charge in [-0.25, -0.2) is 4.79 Å². The number of carbonyl (C=O) groups excluding carboxylic acids is 1. The van der Waals surface area contributed by atoms with E-state index in [2.05, 4.69) is 39.7 Å². The van der Waals surface area contributed by atoms with Crippen LogP contribution in [-0.2, 0) is 4.74 Å². The lowest BCUT2D eigenvalue weighted by molar-refractivity contribution is 0.0600. The standard InChI is InChI=1S/C29H26N4O4S/c1-17-14-22(18(2)32(17)20-9-7-19(8-10-20)28(34)35-3)27-26(23-6-4-5-13-30-23)31-29(38)33(27)21-11-12-24-25(15-21)37-16-36-24/h4-15,26-27H,16H2,1-3H3,(H,31,38)/t26-,27+/m1/s1.